The van der Waals surface area contributed by atoms with Gasteiger partial charge in [-0.3, -0.25) is 9.59 Å². The monoisotopic (exact) mass is 275 g/mol. The molecule has 1 fully saturated rings. The van der Waals surface area contributed by atoms with E-state index in [1.807, 2.05) is 36.4 Å². The van der Waals surface area contributed by atoms with Gasteiger partial charge in [-0.15, -0.1) is 0 Å². The molecule has 6 heteroatoms. The molecule has 1 saturated heterocycles. The zero-order chi connectivity index (χ0) is 13.8. The molecule has 98 valence electrons. The number of benzene rings is 1. The summed E-state index contributed by atoms with van der Waals surface area (Å²) in [6.07, 6.45) is 0. The van der Waals surface area contributed by atoms with Crippen molar-refractivity contribution in [2.24, 2.45) is 0 Å². The van der Waals surface area contributed by atoms with Crippen LogP contribution in [-0.4, -0.2) is 34.7 Å². The van der Waals surface area contributed by atoms with Gasteiger partial charge in [0, 0.05) is 11.8 Å². The van der Waals surface area contributed by atoms with Crippen LogP contribution in [0.3, 0.4) is 0 Å². The van der Waals surface area contributed by atoms with Crippen molar-refractivity contribution >= 4 is 23.6 Å². The maximum atomic E-state index is 12.2. The van der Waals surface area contributed by atoms with Crippen molar-refractivity contribution in [2.45, 2.75) is 23.2 Å². The lowest BCUT2D eigenvalue weighted by Crippen LogP contribution is -2.40. The standard InChI is InChI=1S/C13H13N3O2S/c1-9(17)15-12(13(18)16-8-10(16)7-14)19-11-5-3-2-4-6-11/h2-6,10,12H,8H2,1H3,(H,15,17). The molecule has 0 aromatic heterocycles. The van der Waals surface area contributed by atoms with E-state index in [1.54, 1.807) is 0 Å². The molecule has 1 N–H and O–H groups in total. The lowest BCUT2D eigenvalue weighted by molar-refractivity contribution is -0.129. The van der Waals surface area contributed by atoms with Crippen molar-refractivity contribution < 1.29 is 9.59 Å². The van der Waals surface area contributed by atoms with Crippen LogP contribution in [0.25, 0.3) is 0 Å². The Balaban J connectivity index is 2.06. The zero-order valence-corrected chi connectivity index (χ0v) is 11.2. The van der Waals surface area contributed by atoms with Gasteiger partial charge in [0.25, 0.3) is 5.91 Å². The van der Waals surface area contributed by atoms with Gasteiger partial charge in [0.2, 0.25) is 5.91 Å². The number of amides is 2. The van der Waals surface area contributed by atoms with Crippen LogP contribution >= 0.6 is 11.8 Å². The highest BCUT2D eigenvalue weighted by molar-refractivity contribution is 8.00. The van der Waals surface area contributed by atoms with Crippen molar-refractivity contribution in [3.63, 3.8) is 0 Å². The number of nitrogens with one attached hydrogen (secondary N) is 1. The van der Waals surface area contributed by atoms with Crippen molar-refractivity contribution in [1.29, 1.82) is 5.26 Å². The summed E-state index contributed by atoms with van der Waals surface area (Å²) >= 11 is 1.27. The quantitative estimate of drug-likeness (QED) is 0.505. The van der Waals surface area contributed by atoms with Crippen LogP contribution in [0.2, 0.25) is 0 Å². The molecule has 0 saturated carbocycles. The maximum Gasteiger partial charge on any atom is 0.257 e. The first kappa shape index (κ1) is 13.4. The first-order valence-electron chi connectivity index (χ1n) is 5.80. The minimum absolute atomic E-state index is 0.226. The van der Waals surface area contributed by atoms with Gasteiger partial charge < -0.3 is 10.2 Å². The molecule has 1 aromatic carbocycles. The normalized spacial score (nSPS) is 18.3. The molecular weight excluding hydrogens is 262 g/mol. The topological polar surface area (TPSA) is 73.0 Å². The van der Waals surface area contributed by atoms with Gasteiger partial charge in [-0.05, 0) is 12.1 Å². The molecule has 1 aliphatic rings. The number of rotatable bonds is 4. The summed E-state index contributed by atoms with van der Waals surface area (Å²) in [5, 5.41) is 10.7. The summed E-state index contributed by atoms with van der Waals surface area (Å²) in [6.45, 7) is 1.82. The second-order valence-electron chi connectivity index (χ2n) is 4.15. The number of carbonyl (C=O) groups excluding carboxylic acids is 2. The minimum Gasteiger partial charge on any atom is -0.336 e. The highest BCUT2D eigenvalue weighted by Gasteiger charge is 2.42. The van der Waals surface area contributed by atoms with Crippen molar-refractivity contribution in [3.05, 3.63) is 30.3 Å². The predicted octanol–water partition coefficient (Wildman–Crippen LogP) is 0.975. The molecule has 0 radical (unpaired) electrons. The summed E-state index contributed by atoms with van der Waals surface area (Å²) in [7, 11) is 0. The summed E-state index contributed by atoms with van der Waals surface area (Å²) < 4.78 is 0. The Kier molecular flexibility index (Phi) is 4.07. The van der Waals surface area contributed by atoms with E-state index in [0.29, 0.717) is 6.54 Å². The van der Waals surface area contributed by atoms with Gasteiger partial charge in [0.1, 0.15) is 6.04 Å². The van der Waals surface area contributed by atoms with Gasteiger partial charge in [-0.25, -0.2) is 0 Å². The molecule has 19 heavy (non-hydrogen) atoms. The first-order valence-corrected chi connectivity index (χ1v) is 6.68. The van der Waals surface area contributed by atoms with Crippen LogP contribution in [0, 0.1) is 11.3 Å². The molecule has 2 amide bonds. The van der Waals surface area contributed by atoms with Crippen LogP contribution in [0.5, 0.6) is 0 Å². The Morgan fingerprint density at radius 2 is 2.16 bits per heavy atom. The van der Waals surface area contributed by atoms with Crippen LogP contribution in [0.15, 0.2) is 35.2 Å². The zero-order valence-electron chi connectivity index (χ0n) is 10.4. The molecule has 2 atom stereocenters. The van der Waals surface area contributed by atoms with Gasteiger partial charge in [-0.2, -0.15) is 5.26 Å². The number of nitrogens with zero attached hydrogens (tertiary/aromatic N) is 2. The molecule has 1 heterocycles. The van der Waals surface area contributed by atoms with Crippen LogP contribution in [0.4, 0.5) is 0 Å². The fraction of sp³-hybridized carbons (Fsp3) is 0.308. The largest absolute Gasteiger partial charge is 0.336 e. The molecule has 2 unspecified atom stereocenters. The van der Waals surface area contributed by atoms with E-state index >= 15 is 0 Å². The summed E-state index contributed by atoms with van der Waals surface area (Å²) in [5.74, 6) is -0.493. The third-order valence-electron chi connectivity index (χ3n) is 2.60. The van der Waals surface area contributed by atoms with Gasteiger partial charge in [-0.1, -0.05) is 30.0 Å². The molecule has 1 aromatic rings. The molecular formula is C13H13N3O2S. The SMILES string of the molecule is CC(=O)NC(Sc1ccccc1)C(=O)N1CC1C#N. The minimum atomic E-state index is -0.682. The average Bonchev–Trinajstić information content (AvgIpc) is 3.17. The van der Waals surface area contributed by atoms with E-state index in [4.69, 9.17) is 5.26 Å². The second-order valence-corrected chi connectivity index (χ2v) is 5.33. The van der Waals surface area contributed by atoms with Gasteiger partial charge in [0.15, 0.2) is 5.37 Å². The molecule has 5 nitrogen and oxygen atoms in total. The van der Waals surface area contributed by atoms with Crippen LogP contribution in [0.1, 0.15) is 6.92 Å². The third-order valence-corrected chi connectivity index (χ3v) is 3.70. The van der Waals surface area contributed by atoms with Gasteiger partial charge >= 0.3 is 0 Å². The van der Waals surface area contributed by atoms with E-state index in [1.165, 1.54) is 23.6 Å². The van der Waals surface area contributed by atoms with Gasteiger partial charge in [0.05, 0.1) is 12.6 Å². The lowest BCUT2D eigenvalue weighted by atomic mass is 10.4. The lowest BCUT2D eigenvalue weighted by Gasteiger charge is -2.16. The first-order chi connectivity index (χ1) is 9.11. The van der Waals surface area contributed by atoms with E-state index in [0.717, 1.165) is 4.90 Å². The number of hydrogen-bond acceptors (Lipinski definition) is 4. The van der Waals surface area contributed by atoms with Crippen molar-refractivity contribution in [2.75, 3.05) is 6.54 Å². The number of carbonyl (C=O) groups is 2. The molecule has 0 spiro atoms. The number of nitriles is 1. The predicted molar refractivity (Wildman–Crippen MR) is 71.0 cm³/mol. The fourth-order valence-corrected chi connectivity index (χ4v) is 2.65. The maximum absolute atomic E-state index is 12.2. The van der Waals surface area contributed by atoms with Crippen LogP contribution < -0.4 is 5.32 Å². The van der Waals surface area contributed by atoms with Crippen molar-refractivity contribution in [3.8, 4) is 6.07 Å². The molecule has 2 rings (SSSR count). The Hall–Kier alpha value is -2.00. The summed E-state index contributed by atoms with van der Waals surface area (Å²) in [4.78, 5) is 25.7. The van der Waals surface area contributed by atoms with E-state index in [2.05, 4.69) is 5.32 Å². The highest BCUT2D eigenvalue weighted by Crippen LogP contribution is 2.27. The molecule has 1 aliphatic heterocycles. The molecule has 0 aliphatic carbocycles. The smallest absolute Gasteiger partial charge is 0.257 e. The Morgan fingerprint density at radius 3 is 2.68 bits per heavy atom. The Labute approximate surface area is 115 Å². The fourth-order valence-electron chi connectivity index (χ4n) is 1.61. The van der Waals surface area contributed by atoms with Crippen LogP contribution in [-0.2, 0) is 9.59 Å². The third kappa shape index (κ3) is 3.48. The van der Waals surface area contributed by atoms with E-state index in [9.17, 15) is 9.59 Å². The number of thioether (sulfide) groups is 1. The van der Waals surface area contributed by atoms with Crippen molar-refractivity contribution in [1.82, 2.24) is 10.2 Å². The Bertz CT molecular complexity index is 526. The number of hydrogen-bond donors (Lipinski definition) is 1. The Morgan fingerprint density at radius 1 is 1.47 bits per heavy atom. The summed E-state index contributed by atoms with van der Waals surface area (Å²) in [5.41, 5.74) is 0. The van der Waals surface area contributed by atoms with E-state index in [-0.39, 0.29) is 17.9 Å². The molecule has 0 bridgehead atoms. The average molecular weight is 275 g/mol. The van der Waals surface area contributed by atoms with E-state index < -0.39 is 5.37 Å². The highest BCUT2D eigenvalue weighted by atomic mass is 32.2. The second kappa shape index (κ2) is 5.76. The summed E-state index contributed by atoms with van der Waals surface area (Å²) in [6, 6.07) is 11.0.